The van der Waals surface area contributed by atoms with Crippen molar-refractivity contribution >= 4 is 35.0 Å². The summed E-state index contributed by atoms with van der Waals surface area (Å²) < 4.78 is 11.3. The van der Waals surface area contributed by atoms with E-state index >= 15 is 0 Å². The smallest absolute Gasteiger partial charge is 0.298 e. The molecule has 0 bridgehead atoms. The van der Waals surface area contributed by atoms with Gasteiger partial charge in [0.15, 0.2) is 5.95 Å². The Morgan fingerprint density at radius 1 is 1.33 bits per heavy atom. The Balaban J connectivity index is 1.72. The van der Waals surface area contributed by atoms with Crippen molar-refractivity contribution < 1.29 is 23.8 Å². The van der Waals surface area contributed by atoms with Gasteiger partial charge in [-0.1, -0.05) is 29.3 Å². The van der Waals surface area contributed by atoms with Crippen molar-refractivity contribution in [1.82, 2.24) is 5.27 Å². The molecule has 0 aliphatic heterocycles. The minimum atomic E-state index is -0.603. The quantitative estimate of drug-likeness (QED) is 0.501. The average molecular weight is 406 g/mol. The standard InChI is InChI=1S/C18H16ClN3O4S/c1-11-3-6-13(7-4-11)22-17(18(24)26-21-22)27-10-16(23)20-14-9-12(19)5-8-15(14)25-2/h3-9H,10H2,1-2H3,(H-,20,21,23,24). The second-order valence-electron chi connectivity index (χ2n) is 5.59. The molecular weight excluding hydrogens is 390 g/mol. The molecule has 0 spiro atoms. The van der Waals surface area contributed by atoms with Crippen LogP contribution in [0.15, 0.2) is 52.0 Å². The van der Waals surface area contributed by atoms with Crippen LogP contribution in [0.2, 0.25) is 5.02 Å². The Morgan fingerprint density at radius 2 is 2.07 bits per heavy atom. The molecule has 7 nitrogen and oxygen atoms in total. The fourth-order valence-electron chi connectivity index (χ4n) is 2.31. The van der Waals surface area contributed by atoms with Gasteiger partial charge in [-0.05, 0) is 41.6 Å². The summed E-state index contributed by atoms with van der Waals surface area (Å²) in [6.45, 7) is 1.96. The van der Waals surface area contributed by atoms with Crippen LogP contribution in [-0.2, 0) is 4.79 Å². The highest BCUT2D eigenvalue weighted by molar-refractivity contribution is 7.99. The number of hydrogen-bond acceptors (Lipinski definition) is 6. The first-order valence-corrected chi connectivity index (χ1v) is 9.26. The summed E-state index contributed by atoms with van der Waals surface area (Å²) in [5, 5.41) is 19.1. The molecule has 0 aliphatic carbocycles. The summed E-state index contributed by atoms with van der Waals surface area (Å²) in [5.74, 6) is -0.454. The van der Waals surface area contributed by atoms with Crippen molar-refractivity contribution in [3.63, 3.8) is 0 Å². The van der Waals surface area contributed by atoms with Gasteiger partial charge in [-0.15, -0.1) is 0 Å². The van der Waals surface area contributed by atoms with Gasteiger partial charge in [-0.25, -0.2) is 0 Å². The third-order valence-corrected chi connectivity index (χ3v) is 4.88. The predicted octanol–water partition coefficient (Wildman–Crippen LogP) is 2.73. The van der Waals surface area contributed by atoms with Gasteiger partial charge in [0.25, 0.3) is 5.03 Å². The summed E-state index contributed by atoms with van der Waals surface area (Å²) >= 11 is 6.99. The highest BCUT2D eigenvalue weighted by Gasteiger charge is 2.22. The van der Waals surface area contributed by atoms with Crippen molar-refractivity contribution in [3.05, 3.63) is 53.1 Å². The van der Waals surface area contributed by atoms with E-state index in [1.54, 1.807) is 18.2 Å². The lowest BCUT2D eigenvalue weighted by Crippen LogP contribution is -2.35. The van der Waals surface area contributed by atoms with E-state index in [0.29, 0.717) is 22.1 Å². The fourth-order valence-corrected chi connectivity index (χ4v) is 3.24. The molecule has 3 rings (SSSR count). The van der Waals surface area contributed by atoms with Crippen LogP contribution in [0.3, 0.4) is 0 Å². The van der Waals surface area contributed by atoms with Gasteiger partial charge >= 0.3 is 0 Å². The minimum absolute atomic E-state index is 0.0159. The topological polar surface area (TPSA) is 91.3 Å². The van der Waals surface area contributed by atoms with Gasteiger partial charge in [0.1, 0.15) is 5.75 Å². The minimum Gasteiger partial charge on any atom is -0.538 e. The number of carbonyl (C=O) groups excluding carboxylic acids is 1. The van der Waals surface area contributed by atoms with Gasteiger partial charge in [0, 0.05) is 17.2 Å². The Kier molecular flexibility index (Phi) is 5.88. The summed E-state index contributed by atoms with van der Waals surface area (Å²) in [6.07, 6.45) is 0. The summed E-state index contributed by atoms with van der Waals surface area (Å²) in [6, 6.07) is 12.3. The second kappa shape index (κ2) is 8.32. The molecule has 0 unspecified atom stereocenters. The number of nitrogens with one attached hydrogen (secondary N) is 1. The Morgan fingerprint density at radius 3 is 2.78 bits per heavy atom. The van der Waals surface area contributed by atoms with E-state index in [1.165, 1.54) is 11.8 Å². The maximum atomic E-state index is 12.3. The number of nitrogens with zero attached hydrogens (tertiary/aromatic N) is 2. The molecule has 1 heterocycles. The summed E-state index contributed by atoms with van der Waals surface area (Å²) in [4.78, 5) is 12.3. The van der Waals surface area contributed by atoms with E-state index < -0.39 is 5.95 Å². The van der Waals surface area contributed by atoms with Gasteiger partial charge in [0.05, 0.1) is 23.8 Å². The second-order valence-corrected chi connectivity index (χ2v) is 6.99. The van der Waals surface area contributed by atoms with Crippen LogP contribution in [0.5, 0.6) is 11.7 Å². The Hall–Kier alpha value is -2.71. The lowest BCUT2D eigenvalue weighted by Gasteiger charge is -2.10. The van der Waals surface area contributed by atoms with Crippen LogP contribution in [0.4, 0.5) is 5.69 Å². The molecule has 2 aromatic carbocycles. The van der Waals surface area contributed by atoms with Crippen LogP contribution in [0.1, 0.15) is 5.56 Å². The van der Waals surface area contributed by atoms with Crippen molar-refractivity contribution in [2.24, 2.45) is 0 Å². The highest BCUT2D eigenvalue weighted by atomic mass is 35.5. The summed E-state index contributed by atoms with van der Waals surface area (Å²) in [5.41, 5.74) is 2.20. The SMILES string of the molecule is COc1ccc(Cl)cc1NC(=O)CSc1c([O-])on[n+]1-c1ccc(C)cc1. The molecule has 1 N–H and O–H groups in total. The van der Waals surface area contributed by atoms with E-state index in [0.717, 1.165) is 17.3 Å². The lowest BCUT2D eigenvalue weighted by atomic mass is 10.2. The number of hydrogen-bond donors (Lipinski definition) is 1. The molecule has 3 aromatic rings. The summed E-state index contributed by atoms with van der Waals surface area (Å²) in [7, 11) is 1.50. The first kappa shape index (κ1) is 19.1. The van der Waals surface area contributed by atoms with Gasteiger partial charge in [0.2, 0.25) is 11.6 Å². The molecule has 0 saturated heterocycles. The molecule has 0 atom stereocenters. The molecule has 1 aromatic heterocycles. The van der Waals surface area contributed by atoms with Crippen LogP contribution < -0.4 is 19.8 Å². The number of amides is 1. The van der Waals surface area contributed by atoms with Gasteiger partial charge in [-0.3, -0.25) is 4.79 Å². The number of aromatic nitrogens is 2. The number of carbonyl (C=O) groups is 1. The molecule has 9 heteroatoms. The predicted molar refractivity (Wildman–Crippen MR) is 99.6 cm³/mol. The van der Waals surface area contributed by atoms with Crippen LogP contribution in [-0.4, -0.2) is 24.0 Å². The third kappa shape index (κ3) is 4.53. The number of aryl methyl sites for hydroxylation is 1. The number of methoxy groups -OCH3 is 1. The highest BCUT2D eigenvalue weighted by Crippen LogP contribution is 2.28. The molecule has 0 aliphatic rings. The molecular formula is C18H16ClN3O4S. The van der Waals surface area contributed by atoms with Crippen molar-refractivity contribution in [2.45, 2.75) is 11.9 Å². The lowest BCUT2D eigenvalue weighted by molar-refractivity contribution is -0.705. The molecule has 27 heavy (non-hydrogen) atoms. The van der Waals surface area contributed by atoms with Crippen molar-refractivity contribution in [3.8, 4) is 17.4 Å². The normalized spacial score (nSPS) is 10.6. The molecule has 140 valence electrons. The monoisotopic (exact) mass is 405 g/mol. The molecule has 0 radical (unpaired) electrons. The van der Waals surface area contributed by atoms with E-state index in [9.17, 15) is 9.90 Å². The first-order valence-electron chi connectivity index (χ1n) is 7.90. The maximum absolute atomic E-state index is 12.3. The largest absolute Gasteiger partial charge is 0.538 e. The van der Waals surface area contributed by atoms with E-state index in [4.69, 9.17) is 20.9 Å². The molecule has 1 amide bonds. The number of thioether (sulfide) groups is 1. The third-order valence-electron chi connectivity index (χ3n) is 3.63. The van der Waals surface area contributed by atoms with E-state index in [2.05, 4.69) is 10.6 Å². The number of anilines is 1. The molecule has 0 saturated carbocycles. The zero-order valence-corrected chi connectivity index (χ0v) is 16.1. The maximum Gasteiger partial charge on any atom is 0.298 e. The zero-order valence-electron chi connectivity index (χ0n) is 14.6. The van der Waals surface area contributed by atoms with Crippen LogP contribution >= 0.6 is 23.4 Å². The molecule has 0 fully saturated rings. The van der Waals surface area contributed by atoms with Crippen molar-refractivity contribution in [1.29, 1.82) is 0 Å². The number of benzene rings is 2. The Labute approximate surface area is 164 Å². The number of halogens is 1. The number of ether oxygens (including phenoxy) is 1. The zero-order chi connectivity index (χ0) is 19.4. The van der Waals surface area contributed by atoms with E-state index in [-0.39, 0.29) is 16.7 Å². The Bertz CT molecular complexity index is 960. The first-order chi connectivity index (χ1) is 13.0. The van der Waals surface area contributed by atoms with E-state index in [1.807, 2.05) is 31.2 Å². The van der Waals surface area contributed by atoms with Gasteiger partial charge in [-0.2, -0.15) is 0 Å². The van der Waals surface area contributed by atoms with Crippen LogP contribution in [0, 0.1) is 6.92 Å². The van der Waals surface area contributed by atoms with Crippen LogP contribution in [0.25, 0.3) is 5.69 Å². The fraction of sp³-hybridized carbons (Fsp3) is 0.167. The average Bonchev–Trinajstić information content (AvgIpc) is 3.01. The van der Waals surface area contributed by atoms with Gasteiger partial charge < -0.3 is 19.7 Å². The van der Waals surface area contributed by atoms with Crippen molar-refractivity contribution in [2.75, 3.05) is 18.2 Å². The number of rotatable bonds is 6.